The van der Waals surface area contributed by atoms with Crippen molar-refractivity contribution in [1.82, 2.24) is 5.32 Å². The summed E-state index contributed by atoms with van der Waals surface area (Å²) in [5.41, 5.74) is 6.41. The molecule has 1 aliphatic heterocycles. The van der Waals surface area contributed by atoms with Gasteiger partial charge in [0.05, 0.1) is 12.5 Å². The predicted molar refractivity (Wildman–Crippen MR) is 79.8 cm³/mol. The maximum absolute atomic E-state index is 12.6. The highest BCUT2D eigenvalue weighted by molar-refractivity contribution is 5.85. The highest BCUT2D eigenvalue weighted by Gasteiger charge is 2.31. The van der Waals surface area contributed by atoms with Crippen LogP contribution in [0.2, 0.25) is 0 Å². The first-order valence-corrected chi connectivity index (χ1v) is 7.33. The van der Waals surface area contributed by atoms with Crippen LogP contribution in [0, 0.1) is 0 Å². The van der Waals surface area contributed by atoms with Crippen molar-refractivity contribution in [3.8, 4) is 5.75 Å². The molecule has 1 amide bonds. The van der Waals surface area contributed by atoms with Gasteiger partial charge in [-0.25, -0.2) is 0 Å². The molecular formula is C16H24N2O2. The molecule has 110 valence electrons. The molecule has 1 aromatic carbocycles. The molecule has 0 fully saturated rings. The van der Waals surface area contributed by atoms with E-state index in [1.54, 1.807) is 0 Å². The number of ether oxygens (including phenoxy) is 1. The fourth-order valence-corrected chi connectivity index (χ4v) is 2.65. The van der Waals surface area contributed by atoms with Gasteiger partial charge in [0.1, 0.15) is 5.75 Å². The topological polar surface area (TPSA) is 64.3 Å². The second-order valence-corrected chi connectivity index (χ2v) is 5.67. The van der Waals surface area contributed by atoms with Crippen LogP contribution >= 0.6 is 0 Å². The van der Waals surface area contributed by atoms with E-state index in [1.165, 1.54) is 0 Å². The minimum atomic E-state index is -0.223. The summed E-state index contributed by atoms with van der Waals surface area (Å²) in [6, 6.07) is 7.79. The van der Waals surface area contributed by atoms with Crippen molar-refractivity contribution in [3.05, 3.63) is 29.8 Å². The minimum absolute atomic E-state index is 0.0820. The largest absolute Gasteiger partial charge is 0.493 e. The fraction of sp³-hybridized carbons (Fsp3) is 0.562. The zero-order valence-electron chi connectivity index (χ0n) is 12.3. The summed E-state index contributed by atoms with van der Waals surface area (Å²) in [5, 5.41) is 3.18. The number of carbonyl (C=O) groups is 1. The van der Waals surface area contributed by atoms with Gasteiger partial charge in [-0.1, -0.05) is 25.1 Å². The molecule has 20 heavy (non-hydrogen) atoms. The van der Waals surface area contributed by atoms with E-state index < -0.39 is 0 Å². The molecule has 2 atom stereocenters. The van der Waals surface area contributed by atoms with E-state index in [1.807, 2.05) is 24.3 Å². The Bertz CT molecular complexity index is 475. The Kier molecular flexibility index (Phi) is 4.65. The van der Waals surface area contributed by atoms with Gasteiger partial charge in [-0.15, -0.1) is 0 Å². The lowest BCUT2D eigenvalue weighted by Gasteiger charge is -2.33. The van der Waals surface area contributed by atoms with E-state index >= 15 is 0 Å². The van der Waals surface area contributed by atoms with Gasteiger partial charge in [-0.05, 0) is 38.8 Å². The number of carbonyl (C=O) groups excluding carboxylic acids is 1. The number of fused-ring (bicyclic) bond motifs is 1. The van der Waals surface area contributed by atoms with Crippen molar-refractivity contribution in [2.75, 3.05) is 13.2 Å². The van der Waals surface area contributed by atoms with Crippen LogP contribution in [0.3, 0.4) is 0 Å². The monoisotopic (exact) mass is 276 g/mol. The molecule has 3 N–H and O–H groups in total. The Labute approximate surface area is 120 Å². The number of nitrogens with one attached hydrogen (secondary N) is 1. The molecule has 0 aliphatic carbocycles. The second-order valence-electron chi connectivity index (χ2n) is 5.67. The normalized spacial score (nSPS) is 20.4. The number of hydrogen-bond donors (Lipinski definition) is 2. The van der Waals surface area contributed by atoms with Gasteiger partial charge < -0.3 is 15.8 Å². The predicted octanol–water partition coefficient (Wildman–Crippen LogP) is 2.19. The first-order chi connectivity index (χ1) is 9.59. The zero-order valence-corrected chi connectivity index (χ0v) is 12.3. The van der Waals surface area contributed by atoms with Crippen molar-refractivity contribution in [1.29, 1.82) is 0 Å². The number of hydrogen-bond acceptors (Lipinski definition) is 3. The van der Waals surface area contributed by atoms with Crippen LogP contribution in [-0.4, -0.2) is 24.6 Å². The summed E-state index contributed by atoms with van der Waals surface area (Å²) in [4.78, 5) is 12.6. The Morgan fingerprint density at radius 3 is 2.95 bits per heavy atom. The maximum atomic E-state index is 12.6. The van der Waals surface area contributed by atoms with Gasteiger partial charge in [0.2, 0.25) is 5.91 Å². The summed E-state index contributed by atoms with van der Waals surface area (Å²) in [6.07, 6.45) is 2.40. The van der Waals surface area contributed by atoms with Gasteiger partial charge in [0, 0.05) is 11.1 Å². The van der Waals surface area contributed by atoms with Crippen LogP contribution in [0.5, 0.6) is 5.75 Å². The second kappa shape index (κ2) is 6.27. The van der Waals surface area contributed by atoms with Crippen LogP contribution in [0.1, 0.15) is 44.6 Å². The third-order valence-corrected chi connectivity index (χ3v) is 4.18. The van der Waals surface area contributed by atoms with Gasteiger partial charge in [0.25, 0.3) is 0 Å². The Balaban J connectivity index is 2.14. The minimum Gasteiger partial charge on any atom is -0.493 e. The standard InChI is InChI=1S/C16H24N2O2/c1-3-16(2,9-10-17)18-15(19)13-8-11-20-14-7-5-4-6-12(13)14/h4-7,13H,3,8-11,17H2,1-2H3,(H,18,19). The maximum Gasteiger partial charge on any atom is 0.228 e. The molecule has 0 aromatic heterocycles. The quantitative estimate of drug-likeness (QED) is 0.866. The summed E-state index contributed by atoms with van der Waals surface area (Å²) in [7, 11) is 0. The van der Waals surface area contributed by atoms with Crippen molar-refractivity contribution in [2.24, 2.45) is 5.73 Å². The Morgan fingerprint density at radius 1 is 1.50 bits per heavy atom. The molecule has 2 unspecified atom stereocenters. The van der Waals surface area contributed by atoms with E-state index in [0.717, 1.165) is 30.6 Å². The average Bonchev–Trinajstić information content (AvgIpc) is 2.46. The number of para-hydroxylation sites is 1. The van der Waals surface area contributed by atoms with Gasteiger partial charge >= 0.3 is 0 Å². The van der Waals surface area contributed by atoms with E-state index in [4.69, 9.17) is 10.5 Å². The summed E-state index contributed by atoms with van der Waals surface area (Å²) >= 11 is 0. The lowest BCUT2D eigenvalue weighted by atomic mass is 9.89. The molecule has 1 aromatic rings. The lowest BCUT2D eigenvalue weighted by Crippen LogP contribution is -2.49. The third-order valence-electron chi connectivity index (χ3n) is 4.18. The molecule has 0 radical (unpaired) electrons. The van der Waals surface area contributed by atoms with E-state index in [0.29, 0.717) is 13.2 Å². The number of benzene rings is 1. The SMILES string of the molecule is CCC(C)(CCN)NC(=O)C1CCOc2ccccc21. The smallest absolute Gasteiger partial charge is 0.228 e. The molecule has 0 saturated carbocycles. The van der Waals surface area contributed by atoms with Crippen molar-refractivity contribution in [3.63, 3.8) is 0 Å². The van der Waals surface area contributed by atoms with Gasteiger partial charge in [-0.3, -0.25) is 4.79 Å². The van der Waals surface area contributed by atoms with E-state index in [-0.39, 0.29) is 17.4 Å². The molecule has 1 heterocycles. The molecule has 4 heteroatoms. The van der Waals surface area contributed by atoms with Crippen LogP contribution in [0.15, 0.2) is 24.3 Å². The molecule has 1 aliphatic rings. The highest BCUT2D eigenvalue weighted by Crippen LogP contribution is 2.34. The summed E-state index contributed by atoms with van der Waals surface area (Å²) in [6.45, 7) is 5.31. The number of amides is 1. The third kappa shape index (κ3) is 3.12. The van der Waals surface area contributed by atoms with Gasteiger partial charge in [-0.2, -0.15) is 0 Å². The van der Waals surface area contributed by atoms with Crippen molar-refractivity contribution >= 4 is 5.91 Å². The average molecular weight is 276 g/mol. The Morgan fingerprint density at radius 2 is 2.25 bits per heavy atom. The van der Waals surface area contributed by atoms with Crippen LogP contribution in [0.4, 0.5) is 0 Å². The van der Waals surface area contributed by atoms with Crippen molar-refractivity contribution in [2.45, 2.75) is 44.6 Å². The molecule has 2 rings (SSSR count). The van der Waals surface area contributed by atoms with Gasteiger partial charge in [0.15, 0.2) is 0 Å². The summed E-state index contributed by atoms with van der Waals surface area (Å²) < 4.78 is 5.61. The first-order valence-electron chi connectivity index (χ1n) is 7.33. The van der Waals surface area contributed by atoms with Crippen LogP contribution in [-0.2, 0) is 4.79 Å². The molecule has 0 saturated heterocycles. The van der Waals surface area contributed by atoms with Crippen LogP contribution in [0.25, 0.3) is 0 Å². The zero-order chi connectivity index (χ0) is 14.6. The van der Waals surface area contributed by atoms with E-state index in [2.05, 4.69) is 19.2 Å². The molecular weight excluding hydrogens is 252 g/mol. The van der Waals surface area contributed by atoms with Crippen molar-refractivity contribution < 1.29 is 9.53 Å². The number of nitrogens with two attached hydrogens (primary N) is 1. The van der Waals surface area contributed by atoms with Crippen LogP contribution < -0.4 is 15.8 Å². The summed E-state index contributed by atoms with van der Waals surface area (Å²) in [5.74, 6) is 0.790. The number of rotatable bonds is 5. The fourth-order valence-electron chi connectivity index (χ4n) is 2.65. The molecule has 0 spiro atoms. The lowest BCUT2D eigenvalue weighted by molar-refractivity contribution is -0.125. The molecule has 4 nitrogen and oxygen atoms in total. The van der Waals surface area contributed by atoms with E-state index in [9.17, 15) is 4.79 Å². The highest BCUT2D eigenvalue weighted by atomic mass is 16.5. The Hall–Kier alpha value is -1.55. The molecule has 0 bridgehead atoms. The first kappa shape index (κ1) is 14.9.